The molecule has 0 spiro atoms. The van der Waals surface area contributed by atoms with Crippen molar-refractivity contribution >= 4 is 11.6 Å². The van der Waals surface area contributed by atoms with E-state index in [9.17, 15) is 4.79 Å². The maximum atomic E-state index is 12.4. The lowest BCUT2D eigenvalue weighted by Gasteiger charge is -2.10. The van der Waals surface area contributed by atoms with E-state index in [2.05, 4.69) is 10.4 Å². The fraction of sp³-hybridized carbons (Fsp3) is 0.333. The van der Waals surface area contributed by atoms with Crippen LogP contribution < -0.4 is 11.1 Å². The Bertz CT molecular complexity index is 643. The van der Waals surface area contributed by atoms with Crippen molar-refractivity contribution in [2.24, 2.45) is 12.8 Å². The third-order valence-corrected chi connectivity index (χ3v) is 3.41. The summed E-state index contributed by atoms with van der Waals surface area (Å²) in [5.74, 6) is -0.144. The number of carbonyl (C=O) groups is 1. The first-order valence-electron chi connectivity index (χ1n) is 6.57. The van der Waals surface area contributed by atoms with Gasteiger partial charge in [-0.1, -0.05) is 12.1 Å². The fourth-order valence-corrected chi connectivity index (χ4v) is 2.20. The van der Waals surface area contributed by atoms with Crippen LogP contribution in [0, 0.1) is 13.8 Å². The van der Waals surface area contributed by atoms with Gasteiger partial charge in [-0.25, -0.2) is 0 Å². The van der Waals surface area contributed by atoms with E-state index < -0.39 is 0 Å². The van der Waals surface area contributed by atoms with Gasteiger partial charge >= 0.3 is 0 Å². The molecule has 0 radical (unpaired) electrons. The molecule has 106 valence electrons. The van der Waals surface area contributed by atoms with Crippen LogP contribution in [0.4, 0.5) is 5.69 Å². The van der Waals surface area contributed by atoms with Gasteiger partial charge in [0, 0.05) is 24.5 Å². The number of rotatable bonds is 3. The molecule has 0 aliphatic heterocycles. The molecule has 20 heavy (non-hydrogen) atoms. The largest absolute Gasteiger partial charge is 0.324 e. The molecule has 1 unspecified atom stereocenters. The van der Waals surface area contributed by atoms with E-state index in [-0.39, 0.29) is 11.9 Å². The van der Waals surface area contributed by atoms with Crippen LogP contribution in [0.3, 0.4) is 0 Å². The van der Waals surface area contributed by atoms with Crippen molar-refractivity contribution in [3.8, 4) is 0 Å². The highest BCUT2D eigenvalue weighted by atomic mass is 16.1. The molecule has 0 saturated carbocycles. The first kappa shape index (κ1) is 14.3. The number of hydrogen-bond acceptors (Lipinski definition) is 3. The number of nitrogens with two attached hydrogens (primary N) is 1. The summed E-state index contributed by atoms with van der Waals surface area (Å²) >= 11 is 0. The van der Waals surface area contributed by atoms with Gasteiger partial charge in [-0.3, -0.25) is 9.48 Å². The minimum atomic E-state index is -0.144. The Balaban J connectivity index is 2.26. The van der Waals surface area contributed by atoms with Crippen molar-refractivity contribution in [2.75, 3.05) is 5.32 Å². The second-order valence-electron chi connectivity index (χ2n) is 5.04. The third-order valence-electron chi connectivity index (χ3n) is 3.41. The Kier molecular flexibility index (Phi) is 3.90. The molecule has 5 heteroatoms. The SMILES string of the molecule is Cc1nn(C)c(C)c1C(=O)Nc1cccc(C(C)N)c1. The molecule has 5 nitrogen and oxygen atoms in total. The molecule has 0 bridgehead atoms. The minimum Gasteiger partial charge on any atom is -0.324 e. The number of nitrogens with one attached hydrogen (secondary N) is 1. The lowest BCUT2D eigenvalue weighted by Crippen LogP contribution is -2.14. The topological polar surface area (TPSA) is 72.9 Å². The van der Waals surface area contributed by atoms with Crippen LogP contribution in [0.5, 0.6) is 0 Å². The maximum absolute atomic E-state index is 12.4. The van der Waals surface area contributed by atoms with Crippen LogP contribution in [0.25, 0.3) is 0 Å². The van der Waals surface area contributed by atoms with Gasteiger partial charge < -0.3 is 11.1 Å². The standard InChI is InChI=1S/C15H20N4O/c1-9(16)12-6-5-7-13(8-12)17-15(20)14-10(2)18-19(4)11(14)3/h5-9H,16H2,1-4H3,(H,17,20). The van der Waals surface area contributed by atoms with Gasteiger partial charge in [0.05, 0.1) is 11.3 Å². The zero-order valence-electron chi connectivity index (χ0n) is 12.3. The highest BCUT2D eigenvalue weighted by Crippen LogP contribution is 2.18. The first-order chi connectivity index (χ1) is 9.40. The molecule has 0 aliphatic carbocycles. The van der Waals surface area contributed by atoms with Gasteiger partial charge in [0.2, 0.25) is 0 Å². The molecule has 1 aromatic heterocycles. The number of anilines is 1. The van der Waals surface area contributed by atoms with E-state index in [0.717, 1.165) is 22.6 Å². The molecular weight excluding hydrogens is 252 g/mol. The number of amides is 1. The molecule has 0 aliphatic rings. The van der Waals surface area contributed by atoms with Crippen LogP contribution in [0.1, 0.15) is 40.3 Å². The highest BCUT2D eigenvalue weighted by molar-refractivity contribution is 6.05. The van der Waals surface area contributed by atoms with Crippen molar-refractivity contribution < 1.29 is 4.79 Å². The van der Waals surface area contributed by atoms with Gasteiger partial charge in [0.1, 0.15) is 0 Å². The van der Waals surface area contributed by atoms with Crippen molar-refractivity contribution in [3.63, 3.8) is 0 Å². The van der Waals surface area contributed by atoms with E-state index in [1.54, 1.807) is 4.68 Å². The van der Waals surface area contributed by atoms with Crippen LogP contribution in [0.15, 0.2) is 24.3 Å². The highest BCUT2D eigenvalue weighted by Gasteiger charge is 2.17. The summed E-state index contributed by atoms with van der Waals surface area (Å²) in [6.45, 7) is 5.63. The normalized spacial score (nSPS) is 12.2. The molecule has 1 atom stereocenters. The van der Waals surface area contributed by atoms with Crippen LogP contribution in [-0.2, 0) is 7.05 Å². The number of hydrogen-bond donors (Lipinski definition) is 2. The molecular formula is C15H20N4O. The van der Waals surface area contributed by atoms with Gasteiger partial charge in [0.25, 0.3) is 5.91 Å². The molecule has 1 amide bonds. The van der Waals surface area contributed by atoms with Crippen LogP contribution in [-0.4, -0.2) is 15.7 Å². The van der Waals surface area contributed by atoms with Crippen molar-refractivity contribution in [3.05, 3.63) is 46.8 Å². The van der Waals surface area contributed by atoms with Gasteiger partial charge in [0.15, 0.2) is 0 Å². The second-order valence-corrected chi connectivity index (χ2v) is 5.04. The fourth-order valence-electron chi connectivity index (χ4n) is 2.20. The smallest absolute Gasteiger partial charge is 0.259 e. The number of aromatic nitrogens is 2. The minimum absolute atomic E-state index is 0.0614. The van der Waals surface area contributed by atoms with Crippen LogP contribution in [0.2, 0.25) is 0 Å². The average Bonchev–Trinajstić information content (AvgIpc) is 2.63. The Morgan fingerprint density at radius 1 is 1.40 bits per heavy atom. The predicted octanol–water partition coefficient (Wildman–Crippen LogP) is 2.31. The van der Waals surface area contributed by atoms with Crippen molar-refractivity contribution in [1.29, 1.82) is 0 Å². The van der Waals surface area contributed by atoms with E-state index in [4.69, 9.17) is 5.73 Å². The Hall–Kier alpha value is -2.14. The summed E-state index contributed by atoms with van der Waals surface area (Å²) in [6.07, 6.45) is 0. The summed E-state index contributed by atoms with van der Waals surface area (Å²) in [6, 6.07) is 7.51. The number of carbonyl (C=O) groups excluding carboxylic acids is 1. The van der Waals surface area contributed by atoms with E-state index in [1.165, 1.54) is 0 Å². The average molecular weight is 272 g/mol. The lowest BCUT2D eigenvalue weighted by atomic mass is 10.1. The second kappa shape index (κ2) is 5.46. The van der Waals surface area contributed by atoms with E-state index in [1.807, 2.05) is 52.1 Å². The summed E-state index contributed by atoms with van der Waals surface area (Å²) in [4.78, 5) is 12.4. The molecule has 3 N–H and O–H groups in total. The third kappa shape index (κ3) is 2.72. The monoisotopic (exact) mass is 272 g/mol. The van der Waals surface area contributed by atoms with E-state index >= 15 is 0 Å². The van der Waals surface area contributed by atoms with Gasteiger partial charge in [-0.15, -0.1) is 0 Å². The van der Waals surface area contributed by atoms with E-state index in [0.29, 0.717) is 5.56 Å². The quantitative estimate of drug-likeness (QED) is 0.900. The summed E-state index contributed by atoms with van der Waals surface area (Å²) in [5, 5.41) is 7.16. The van der Waals surface area contributed by atoms with Crippen molar-refractivity contribution in [2.45, 2.75) is 26.8 Å². The van der Waals surface area contributed by atoms with Gasteiger partial charge in [-0.05, 0) is 38.5 Å². The summed E-state index contributed by atoms with van der Waals surface area (Å²) < 4.78 is 1.71. The Labute approximate surface area is 118 Å². The molecule has 2 aromatic rings. The summed E-state index contributed by atoms with van der Waals surface area (Å²) in [5.41, 5.74) is 9.78. The summed E-state index contributed by atoms with van der Waals surface area (Å²) in [7, 11) is 1.83. The number of nitrogens with zero attached hydrogens (tertiary/aromatic N) is 2. The maximum Gasteiger partial charge on any atom is 0.259 e. The van der Waals surface area contributed by atoms with Crippen molar-refractivity contribution in [1.82, 2.24) is 9.78 Å². The molecule has 2 rings (SSSR count). The zero-order chi connectivity index (χ0) is 14.9. The number of benzene rings is 1. The predicted molar refractivity (Wildman–Crippen MR) is 79.7 cm³/mol. The molecule has 0 fully saturated rings. The first-order valence-corrected chi connectivity index (χ1v) is 6.57. The molecule has 1 heterocycles. The van der Waals surface area contributed by atoms with Crippen LogP contribution >= 0.6 is 0 Å². The Morgan fingerprint density at radius 2 is 2.10 bits per heavy atom. The molecule has 0 saturated heterocycles. The van der Waals surface area contributed by atoms with Gasteiger partial charge in [-0.2, -0.15) is 5.10 Å². The molecule has 1 aromatic carbocycles. The Morgan fingerprint density at radius 3 is 2.65 bits per heavy atom. The lowest BCUT2D eigenvalue weighted by molar-refractivity contribution is 0.102. The number of aryl methyl sites for hydroxylation is 2. The zero-order valence-corrected chi connectivity index (χ0v) is 12.3.